The quantitative estimate of drug-likeness (QED) is 0.625. The van der Waals surface area contributed by atoms with E-state index in [0.29, 0.717) is 41.7 Å². The van der Waals surface area contributed by atoms with Crippen molar-refractivity contribution in [3.8, 4) is 11.5 Å². The molecule has 0 aliphatic rings. The van der Waals surface area contributed by atoms with E-state index in [2.05, 4.69) is 5.32 Å². The molecule has 6 heteroatoms. The van der Waals surface area contributed by atoms with Crippen molar-refractivity contribution < 1.29 is 19.0 Å². The topological polar surface area (TPSA) is 50.7 Å². The molecule has 0 bridgehead atoms. The summed E-state index contributed by atoms with van der Waals surface area (Å²) in [7, 11) is 0. The van der Waals surface area contributed by atoms with Gasteiger partial charge in [0, 0.05) is 18.7 Å². The van der Waals surface area contributed by atoms with E-state index in [0.717, 1.165) is 12.1 Å². The van der Waals surface area contributed by atoms with Crippen molar-refractivity contribution in [3.63, 3.8) is 0 Å². The van der Waals surface area contributed by atoms with Crippen LogP contribution < -0.4 is 14.8 Å². The van der Waals surface area contributed by atoms with E-state index in [-0.39, 0.29) is 13.2 Å². The molecule has 2 N–H and O–H groups in total. The second-order valence-electron chi connectivity index (χ2n) is 5.46. The molecule has 25 heavy (non-hydrogen) atoms. The molecule has 2 aromatic carbocycles. The molecule has 0 heterocycles. The third kappa shape index (κ3) is 5.88. The van der Waals surface area contributed by atoms with Crippen molar-refractivity contribution in [1.82, 2.24) is 5.32 Å². The average molecular weight is 368 g/mol. The normalized spacial score (nSPS) is 10.7. The van der Waals surface area contributed by atoms with Gasteiger partial charge >= 0.3 is 0 Å². The Hall–Kier alpha value is -1.82. The highest BCUT2D eigenvalue weighted by Gasteiger charge is 2.11. The molecule has 136 valence electrons. The van der Waals surface area contributed by atoms with Crippen molar-refractivity contribution in [1.29, 1.82) is 0 Å². The maximum absolute atomic E-state index is 13.8. The molecular formula is C19H23ClFNO3. The number of rotatable bonds is 10. The van der Waals surface area contributed by atoms with Crippen molar-refractivity contribution in [2.24, 2.45) is 0 Å². The summed E-state index contributed by atoms with van der Waals surface area (Å²) in [5.74, 6) is 0.756. The summed E-state index contributed by atoms with van der Waals surface area (Å²) in [4.78, 5) is 0. The predicted molar refractivity (Wildman–Crippen MR) is 96.8 cm³/mol. The predicted octanol–water partition coefficient (Wildman–Crippen LogP) is 3.93. The Morgan fingerprint density at radius 3 is 2.72 bits per heavy atom. The van der Waals surface area contributed by atoms with Crippen LogP contribution in [0.2, 0.25) is 5.02 Å². The van der Waals surface area contributed by atoms with Crippen LogP contribution in [0, 0.1) is 5.82 Å². The lowest BCUT2D eigenvalue weighted by atomic mass is 10.2. The molecule has 2 rings (SSSR count). The Labute approximate surface area is 152 Å². The molecule has 0 fully saturated rings. The first-order valence-corrected chi connectivity index (χ1v) is 8.66. The molecule has 0 amide bonds. The van der Waals surface area contributed by atoms with Gasteiger partial charge in [0.1, 0.15) is 12.4 Å². The van der Waals surface area contributed by atoms with Crippen molar-refractivity contribution in [3.05, 3.63) is 58.4 Å². The van der Waals surface area contributed by atoms with Crippen LogP contribution in [0.4, 0.5) is 4.39 Å². The van der Waals surface area contributed by atoms with Crippen LogP contribution in [0.3, 0.4) is 0 Å². The van der Waals surface area contributed by atoms with Gasteiger partial charge in [0.15, 0.2) is 11.5 Å². The second kappa shape index (κ2) is 10.2. The molecule has 0 saturated carbocycles. The minimum absolute atomic E-state index is 0.0275. The summed E-state index contributed by atoms with van der Waals surface area (Å²) in [6.45, 7) is 3.99. The van der Waals surface area contributed by atoms with E-state index >= 15 is 0 Å². The van der Waals surface area contributed by atoms with Gasteiger partial charge in [-0.15, -0.1) is 0 Å². The number of halogens is 2. The lowest BCUT2D eigenvalue weighted by molar-refractivity contribution is 0.265. The Morgan fingerprint density at radius 1 is 1.16 bits per heavy atom. The molecule has 0 aliphatic heterocycles. The number of hydrogen-bond acceptors (Lipinski definition) is 4. The van der Waals surface area contributed by atoms with Gasteiger partial charge in [-0.3, -0.25) is 0 Å². The van der Waals surface area contributed by atoms with E-state index < -0.39 is 5.82 Å². The van der Waals surface area contributed by atoms with Crippen molar-refractivity contribution in [2.45, 2.75) is 26.5 Å². The molecule has 2 aromatic rings. The highest BCUT2D eigenvalue weighted by molar-refractivity contribution is 6.31. The summed E-state index contributed by atoms with van der Waals surface area (Å²) in [6.07, 6.45) is 0.711. The molecule has 0 atom stereocenters. The van der Waals surface area contributed by atoms with Crippen LogP contribution in [0.5, 0.6) is 11.5 Å². The average Bonchev–Trinajstić information content (AvgIpc) is 2.60. The maximum atomic E-state index is 13.8. The summed E-state index contributed by atoms with van der Waals surface area (Å²) in [6, 6.07) is 10.2. The van der Waals surface area contributed by atoms with Crippen LogP contribution in [-0.4, -0.2) is 24.9 Å². The number of nitrogens with one attached hydrogen (secondary N) is 1. The molecular weight excluding hydrogens is 345 g/mol. The SMILES string of the molecule is CCOc1cc(CNCCCO)ccc1OCc1c(F)cccc1Cl. The van der Waals surface area contributed by atoms with Crippen molar-refractivity contribution >= 4 is 11.6 Å². The number of benzene rings is 2. The molecule has 0 unspecified atom stereocenters. The first kappa shape index (κ1) is 19.5. The molecule has 0 aliphatic carbocycles. The minimum atomic E-state index is -0.393. The van der Waals surface area contributed by atoms with Gasteiger partial charge in [0.2, 0.25) is 0 Å². The largest absolute Gasteiger partial charge is 0.490 e. The zero-order valence-electron chi connectivity index (χ0n) is 14.2. The van der Waals surface area contributed by atoms with Gasteiger partial charge < -0.3 is 19.9 Å². The summed E-state index contributed by atoms with van der Waals surface area (Å²) in [5, 5.41) is 12.4. The fourth-order valence-electron chi connectivity index (χ4n) is 2.31. The fourth-order valence-corrected chi connectivity index (χ4v) is 2.52. The number of hydrogen-bond donors (Lipinski definition) is 2. The van der Waals surface area contributed by atoms with Crippen LogP contribution in [0.1, 0.15) is 24.5 Å². The van der Waals surface area contributed by atoms with Crippen LogP contribution in [0.15, 0.2) is 36.4 Å². The zero-order valence-corrected chi connectivity index (χ0v) is 15.0. The Bertz CT molecular complexity index is 661. The Balaban J connectivity index is 2.06. The first-order chi connectivity index (χ1) is 12.2. The maximum Gasteiger partial charge on any atom is 0.161 e. The van der Waals surface area contributed by atoms with E-state index in [1.54, 1.807) is 12.1 Å². The zero-order chi connectivity index (χ0) is 18.1. The third-order valence-corrected chi connectivity index (χ3v) is 3.94. The van der Waals surface area contributed by atoms with E-state index in [1.165, 1.54) is 6.07 Å². The highest BCUT2D eigenvalue weighted by atomic mass is 35.5. The lowest BCUT2D eigenvalue weighted by Crippen LogP contribution is -2.15. The van der Waals surface area contributed by atoms with Crippen LogP contribution in [0.25, 0.3) is 0 Å². The molecule has 4 nitrogen and oxygen atoms in total. The standard InChI is InChI=1S/C19H23ClFNO3/c1-2-24-19-11-14(12-22-9-4-10-23)7-8-18(19)25-13-15-16(20)5-3-6-17(15)21/h3,5-8,11,22-23H,2,4,9-10,12-13H2,1H3. The number of aliphatic hydroxyl groups is 1. The number of ether oxygens (including phenoxy) is 2. The van der Waals surface area contributed by atoms with Gasteiger partial charge in [-0.2, -0.15) is 0 Å². The highest BCUT2D eigenvalue weighted by Crippen LogP contribution is 2.30. The summed E-state index contributed by atoms with van der Waals surface area (Å²) < 4.78 is 25.2. The smallest absolute Gasteiger partial charge is 0.161 e. The summed E-state index contributed by atoms with van der Waals surface area (Å²) >= 11 is 6.03. The molecule has 0 aromatic heterocycles. The minimum Gasteiger partial charge on any atom is -0.490 e. The van der Waals surface area contributed by atoms with Gasteiger partial charge in [-0.25, -0.2) is 4.39 Å². The molecule has 0 saturated heterocycles. The van der Waals surface area contributed by atoms with E-state index in [1.807, 2.05) is 25.1 Å². The Kier molecular flexibility index (Phi) is 7.98. The van der Waals surface area contributed by atoms with E-state index in [9.17, 15) is 4.39 Å². The van der Waals surface area contributed by atoms with Gasteiger partial charge in [-0.05, 0) is 49.7 Å². The second-order valence-corrected chi connectivity index (χ2v) is 5.86. The first-order valence-electron chi connectivity index (χ1n) is 8.28. The molecule has 0 spiro atoms. The van der Waals surface area contributed by atoms with Gasteiger partial charge in [-0.1, -0.05) is 23.7 Å². The van der Waals surface area contributed by atoms with Crippen molar-refractivity contribution in [2.75, 3.05) is 19.8 Å². The van der Waals surface area contributed by atoms with E-state index in [4.69, 9.17) is 26.2 Å². The van der Waals surface area contributed by atoms with Crippen LogP contribution in [-0.2, 0) is 13.2 Å². The fraction of sp³-hybridized carbons (Fsp3) is 0.368. The van der Waals surface area contributed by atoms with Crippen LogP contribution >= 0.6 is 11.6 Å². The Morgan fingerprint density at radius 2 is 2.00 bits per heavy atom. The monoisotopic (exact) mass is 367 g/mol. The molecule has 0 radical (unpaired) electrons. The van der Waals surface area contributed by atoms with Gasteiger partial charge in [0.05, 0.1) is 11.6 Å². The summed E-state index contributed by atoms with van der Waals surface area (Å²) in [5.41, 5.74) is 1.36. The lowest BCUT2D eigenvalue weighted by Gasteiger charge is -2.14. The van der Waals surface area contributed by atoms with Gasteiger partial charge in [0.25, 0.3) is 0 Å². The number of aliphatic hydroxyl groups excluding tert-OH is 1. The third-order valence-electron chi connectivity index (χ3n) is 3.58.